The number of amides is 1. The van der Waals surface area contributed by atoms with E-state index >= 15 is 0 Å². The van der Waals surface area contributed by atoms with Crippen LogP contribution in [-0.2, 0) is 4.79 Å². The fourth-order valence-electron chi connectivity index (χ4n) is 2.37. The number of benzene rings is 1. The molecule has 1 amide bonds. The number of nitrogens with zero attached hydrogens (tertiary/aromatic N) is 2. The molecule has 1 atom stereocenters. The highest BCUT2D eigenvalue weighted by atomic mass is 32.2. The van der Waals surface area contributed by atoms with Crippen LogP contribution >= 0.6 is 11.8 Å². The summed E-state index contributed by atoms with van der Waals surface area (Å²) in [5.41, 5.74) is 2.40. The number of rotatable bonds is 5. The van der Waals surface area contributed by atoms with Crippen LogP contribution in [0.25, 0.3) is 10.9 Å². The monoisotopic (exact) mass is 341 g/mol. The molecule has 0 saturated carbocycles. The lowest BCUT2D eigenvalue weighted by atomic mass is 9.90. The van der Waals surface area contributed by atoms with Crippen molar-refractivity contribution in [1.29, 1.82) is 5.26 Å². The van der Waals surface area contributed by atoms with Gasteiger partial charge >= 0.3 is 0 Å². The van der Waals surface area contributed by atoms with E-state index in [0.717, 1.165) is 27.1 Å². The minimum absolute atomic E-state index is 0.0418. The summed E-state index contributed by atoms with van der Waals surface area (Å²) in [5, 5.41) is 14.1. The molecule has 0 aliphatic heterocycles. The summed E-state index contributed by atoms with van der Waals surface area (Å²) in [6.07, 6.45) is 0. The van der Waals surface area contributed by atoms with Crippen LogP contribution < -0.4 is 5.32 Å². The van der Waals surface area contributed by atoms with Crippen molar-refractivity contribution in [3.8, 4) is 6.07 Å². The molecule has 0 saturated heterocycles. The minimum atomic E-state index is -0.846. The van der Waals surface area contributed by atoms with E-state index in [4.69, 9.17) is 0 Å². The molecule has 0 unspecified atom stereocenters. The van der Waals surface area contributed by atoms with Crippen molar-refractivity contribution in [2.75, 3.05) is 5.75 Å². The van der Waals surface area contributed by atoms with Gasteiger partial charge in [-0.1, -0.05) is 43.8 Å². The number of hydrogen-bond acceptors (Lipinski definition) is 4. The third-order valence-corrected chi connectivity index (χ3v) is 5.27. The zero-order valence-corrected chi connectivity index (χ0v) is 15.6. The zero-order chi connectivity index (χ0) is 17.9. The Balaban J connectivity index is 2.13. The number of carbonyl (C=O) groups is 1. The highest BCUT2D eigenvalue weighted by molar-refractivity contribution is 7.99. The third-order valence-electron chi connectivity index (χ3n) is 4.36. The first-order chi connectivity index (χ1) is 11.3. The van der Waals surface area contributed by atoms with Gasteiger partial charge in [0, 0.05) is 5.39 Å². The van der Waals surface area contributed by atoms with Gasteiger partial charge in [-0.2, -0.15) is 5.26 Å². The minimum Gasteiger partial charge on any atom is -0.337 e. The van der Waals surface area contributed by atoms with Crippen LogP contribution in [-0.4, -0.2) is 22.2 Å². The number of para-hydroxylation sites is 1. The van der Waals surface area contributed by atoms with Gasteiger partial charge in [0.25, 0.3) is 0 Å². The quantitative estimate of drug-likeness (QED) is 0.835. The Morgan fingerprint density at radius 3 is 2.71 bits per heavy atom. The van der Waals surface area contributed by atoms with E-state index in [1.807, 2.05) is 39.0 Å². The van der Waals surface area contributed by atoms with Crippen molar-refractivity contribution < 1.29 is 4.79 Å². The van der Waals surface area contributed by atoms with Gasteiger partial charge in [-0.25, -0.2) is 4.98 Å². The van der Waals surface area contributed by atoms with E-state index in [9.17, 15) is 10.1 Å². The Hall–Kier alpha value is -2.06. The predicted molar refractivity (Wildman–Crippen MR) is 98.9 cm³/mol. The first kappa shape index (κ1) is 18.3. The lowest BCUT2D eigenvalue weighted by Crippen LogP contribution is -2.49. The second-order valence-electron chi connectivity index (χ2n) is 6.55. The summed E-state index contributed by atoms with van der Waals surface area (Å²) < 4.78 is 0. The maximum atomic E-state index is 12.2. The third kappa shape index (κ3) is 3.88. The molecule has 2 rings (SSSR count). The summed E-state index contributed by atoms with van der Waals surface area (Å²) in [6, 6.07) is 10.3. The predicted octanol–water partition coefficient (Wildman–Crippen LogP) is 4.00. The molecule has 1 N–H and O–H groups in total. The van der Waals surface area contributed by atoms with Crippen molar-refractivity contribution in [3.63, 3.8) is 0 Å². The highest BCUT2D eigenvalue weighted by Gasteiger charge is 2.29. The Morgan fingerprint density at radius 2 is 2.08 bits per heavy atom. The van der Waals surface area contributed by atoms with Gasteiger partial charge in [0.05, 0.1) is 22.4 Å². The van der Waals surface area contributed by atoms with E-state index in [0.29, 0.717) is 0 Å². The standard InChI is InChI=1S/C19H23N3OS/c1-12(2)19(5,11-20)22-16(23)10-24-17-9-14(4)15-8-6-7-13(3)18(15)21-17/h6-9,12H,10H2,1-5H3,(H,22,23)/t19-/m1/s1. The molecule has 2 aromatic rings. The Labute approximate surface area is 147 Å². The van der Waals surface area contributed by atoms with Gasteiger partial charge in [-0.15, -0.1) is 0 Å². The van der Waals surface area contributed by atoms with Gasteiger partial charge < -0.3 is 5.32 Å². The molecule has 0 spiro atoms. The van der Waals surface area contributed by atoms with Crippen molar-refractivity contribution in [2.24, 2.45) is 5.92 Å². The zero-order valence-electron chi connectivity index (χ0n) is 14.8. The Morgan fingerprint density at radius 1 is 1.38 bits per heavy atom. The van der Waals surface area contributed by atoms with Gasteiger partial charge in [-0.05, 0) is 43.9 Å². The molecule has 5 heteroatoms. The summed E-state index contributed by atoms with van der Waals surface area (Å²) >= 11 is 1.40. The second-order valence-corrected chi connectivity index (χ2v) is 7.55. The molecule has 4 nitrogen and oxygen atoms in total. The van der Waals surface area contributed by atoms with E-state index in [1.165, 1.54) is 11.8 Å². The normalized spacial score (nSPS) is 13.5. The molecule has 0 aliphatic rings. The molecule has 24 heavy (non-hydrogen) atoms. The first-order valence-corrected chi connectivity index (χ1v) is 8.97. The van der Waals surface area contributed by atoms with Crippen molar-refractivity contribution in [3.05, 3.63) is 35.4 Å². The van der Waals surface area contributed by atoms with Crippen LogP contribution in [0, 0.1) is 31.1 Å². The average Bonchev–Trinajstić information content (AvgIpc) is 2.53. The highest BCUT2D eigenvalue weighted by Crippen LogP contribution is 2.25. The Kier molecular flexibility index (Phi) is 5.51. The van der Waals surface area contributed by atoms with Gasteiger partial charge in [0.15, 0.2) is 0 Å². The molecule has 0 aliphatic carbocycles. The molecular weight excluding hydrogens is 318 g/mol. The van der Waals surface area contributed by atoms with Crippen LogP contribution in [0.4, 0.5) is 0 Å². The molecule has 0 radical (unpaired) electrons. The second kappa shape index (κ2) is 7.23. The van der Waals surface area contributed by atoms with Crippen molar-refractivity contribution >= 4 is 28.6 Å². The smallest absolute Gasteiger partial charge is 0.231 e. The number of hydrogen-bond donors (Lipinski definition) is 1. The van der Waals surface area contributed by atoms with Crippen LogP contribution in [0.3, 0.4) is 0 Å². The summed E-state index contributed by atoms with van der Waals surface area (Å²) in [4.78, 5) is 16.9. The molecular formula is C19H23N3OS. The maximum absolute atomic E-state index is 12.2. The van der Waals surface area contributed by atoms with E-state index in [1.54, 1.807) is 6.92 Å². The van der Waals surface area contributed by atoms with Gasteiger partial charge in [0.2, 0.25) is 5.91 Å². The molecule has 1 aromatic carbocycles. The number of pyridine rings is 1. The number of carbonyl (C=O) groups excluding carboxylic acids is 1. The fourth-order valence-corrected chi connectivity index (χ4v) is 3.14. The lowest BCUT2D eigenvalue weighted by molar-refractivity contribution is -0.120. The summed E-state index contributed by atoms with van der Waals surface area (Å²) in [5.74, 6) is 0.135. The van der Waals surface area contributed by atoms with Crippen molar-refractivity contribution in [1.82, 2.24) is 10.3 Å². The van der Waals surface area contributed by atoms with Gasteiger partial charge in [-0.3, -0.25) is 4.79 Å². The lowest BCUT2D eigenvalue weighted by Gasteiger charge is -2.27. The molecule has 1 aromatic heterocycles. The largest absolute Gasteiger partial charge is 0.337 e. The van der Waals surface area contributed by atoms with Gasteiger partial charge in [0.1, 0.15) is 5.54 Å². The average molecular weight is 341 g/mol. The molecule has 0 fully saturated rings. The SMILES string of the molecule is Cc1cc(SCC(=O)N[C@](C)(C#N)C(C)C)nc2c(C)cccc12. The van der Waals surface area contributed by atoms with E-state index in [2.05, 4.69) is 29.4 Å². The maximum Gasteiger partial charge on any atom is 0.231 e. The molecule has 1 heterocycles. The number of nitrogens with one attached hydrogen (secondary N) is 1. The first-order valence-electron chi connectivity index (χ1n) is 7.99. The summed E-state index contributed by atoms with van der Waals surface area (Å²) in [6.45, 7) is 9.69. The van der Waals surface area contributed by atoms with E-state index in [-0.39, 0.29) is 17.6 Å². The Bertz CT molecular complexity index is 810. The number of aryl methyl sites for hydroxylation is 2. The fraction of sp³-hybridized carbons (Fsp3) is 0.421. The number of aromatic nitrogens is 1. The number of nitriles is 1. The van der Waals surface area contributed by atoms with E-state index < -0.39 is 5.54 Å². The van der Waals surface area contributed by atoms with Crippen LogP contribution in [0.5, 0.6) is 0 Å². The number of thioether (sulfide) groups is 1. The topological polar surface area (TPSA) is 65.8 Å². The van der Waals surface area contributed by atoms with Crippen molar-refractivity contribution in [2.45, 2.75) is 45.2 Å². The molecule has 126 valence electrons. The summed E-state index contributed by atoms with van der Waals surface area (Å²) in [7, 11) is 0. The molecule has 0 bridgehead atoms. The number of fused-ring (bicyclic) bond motifs is 1. The van der Waals surface area contributed by atoms with Crippen LogP contribution in [0.15, 0.2) is 29.3 Å². The van der Waals surface area contributed by atoms with Crippen LogP contribution in [0.2, 0.25) is 0 Å². The van der Waals surface area contributed by atoms with Crippen LogP contribution in [0.1, 0.15) is 31.9 Å².